The summed E-state index contributed by atoms with van der Waals surface area (Å²) in [6.45, 7) is 6.87. The van der Waals surface area contributed by atoms with Crippen LogP contribution in [0, 0.1) is 0 Å². The average Bonchev–Trinajstić information content (AvgIpc) is 2.76. The molecule has 0 atom stereocenters. The Hall–Kier alpha value is -1.76. The van der Waals surface area contributed by atoms with Crippen LogP contribution in [0.15, 0.2) is 42.5 Å². The van der Waals surface area contributed by atoms with Gasteiger partial charge in [-0.1, -0.05) is 45.0 Å². The smallest absolute Gasteiger partial charge is 0.0465 e. The molecule has 0 saturated carbocycles. The maximum atomic E-state index is 3.47. The number of hydrogen-bond acceptors (Lipinski definition) is 0. The standard InChI is InChI=1S/C17H19N/c1-4-17(2,3)12-9-10-16-14(11-12)13-7-5-6-8-15(13)18-16/h5-11,18H,4H2,1-3H3. The summed E-state index contributed by atoms with van der Waals surface area (Å²) in [6, 6.07) is 15.3. The molecule has 18 heavy (non-hydrogen) atoms. The average molecular weight is 237 g/mol. The SMILES string of the molecule is CCC(C)(C)c1ccc2[nH]c3ccccc3c2c1. The lowest BCUT2D eigenvalue weighted by Crippen LogP contribution is -2.14. The Morgan fingerprint density at radius 2 is 1.67 bits per heavy atom. The lowest BCUT2D eigenvalue weighted by Gasteiger charge is -2.23. The van der Waals surface area contributed by atoms with Crippen molar-refractivity contribution in [1.29, 1.82) is 0 Å². The van der Waals surface area contributed by atoms with Gasteiger partial charge >= 0.3 is 0 Å². The van der Waals surface area contributed by atoms with Crippen LogP contribution in [-0.4, -0.2) is 4.98 Å². The van der Waals surface area contributed by atoms with Crippen molar-refractivity contribution >= 4 is 21.8 Å². The molecule has 0 bridgehead atoms. The van der Waals surface area contributed by atoms with Gasteiger partial charge in [0, 0.05) is 21.8 Å². The van der Waals surface area contributed by atoms with E-state index in [9.17, 15) is 0 Å². The quantitative estimate of drug-likeness (QED) is 0.645. The first-order valence-corrected chi connectivity index (χ1v) is 6.63. The Bertz CT molecular complexity index is 704. The van der Waals surface area contributed by atoms with Crippen LogP contribution < -0.4 is 0 Å². The zero-order valence-corrected chi connectivity index (χ0v) is 11.2. The molecular weight excluding hydrogens is 218 g/mol. The molecule has 1 nitrogen and oxygen atoms in total. The predicted octanol–water partition coefficient (Wildman–Crippen LogP) is 5.01. The van der Waals surface area contributed by atoms with E-state index in [4.69, 9.17) is 0 Å². The molecule has 1 N–H and O–H groups in total. The predicted molar refractivity (Wildman–Crippen MR) is 79.1 cm³/mol. The molecule has 1 heteroatoms. The highest BCUT2D eigenvalue weighted by atomic mass is 14.7. The zero-order chi connectivity index (χ0) is 12.8. The van der Waals surface area contributed by atoms with Crippen molar-refractivity contribution in [3.8, 4) is 0 Å². The Labute approximate surface area is 108 Å². The molecule has 0 spiro atoms. The number of rotatable bonds is 2. The first kappa shape index (κ1) is 11.3. The van der Waals surface area contributed by atoms with Gasteiger partial charge in [-0.25, -0.2) is 0 Å². The van der Waals surface area contributed by atoms with E-state index in [1.54, 1.807) is 0 Å². The van der Waals surface area contributed by atoms with E-state index in [0.29, 0.717) is 0 Å². The van der Waals surface area contributed by atoms with Crippen LogP contribution in [0.5, 0.6) is 0 Å². The summed E-state index contributed by atoms with van der Waals surface area (Å²) in [6.07, 6.45) is 1.15. The largest absolute Gasteiger partial charge is 0.355 e. The van der Waals surface area contributed by atoms with Crippen LogP contribution in [0.2, 0.25) is 0 Å². The minimum atomic E-state index is 0.243. The normalized spacial score (nSPS) is 12.4. The second-order valence-corrected chi connectivity index (χ2v) is 5.67. The third kappa shape index (κ3) is 1.62. The number of fused-ring (bicyclic) bond motifs is 3. The van der Waals surface area contributed by atoms with Gasteiger partial charge in [0.2, 0.25) is 0 Å². The van der Waals surface area contributed by atoms with E-state index in [1.807, 2.05) is 0 Å². The lowest BCUT2D eigenvalue weighted by atomic mass is 9.82. The number of para-hydroxylation sites is 1. The monoisotopic (exact) mass is 237 g/mol. The summed E-state index contributed by atoms with van der Waals surface area (Å²) in [5.41, 5.74) is 4.11. The van der Waals surface area contributed by atoms with Crippen molar-refractivity contribution in [2.24, 2.45) is 0 Å². The van der Waals surface area contributed by atoms with Gasteiger partial charge < -0.3 is 4.98 Å². The van der Waals surface area contributed by atoms with Gasteiger partial charge in [-0.3, -0.25) is 0 Å². The van der Waals surface area contributed by atoms with E-state index in [2.05, 4.69) is 68.2 Å². The van der Waals surface area contributed by atoms with Gasteiger partial charge in [-0.15, -0.1) is 0 Å². The third-order valence-electron chi connectivity index (χ3n) is 4.17. The molecule has 0 saturated heterocycles. The van der Waals surface area contributed by atoms with Crippen molar-refractivity contribution in [3.05, 3.63) is 48.0 Å². The minimum absolute atomic E-state index is 0.243. The fourth-order valence-corrected chi connectivity index (χ4v) is 2.47. The van der Waals surface area contributed by atoms with Crippen LogP contribution in [0.3, 0.4) is 0 Å². The Morgan fingerprint density at radius 1 is 0.944 bits per heavy atom. The minimum Gasteiger partial charge on any atom is -0.355 e. The fourth-order valence-electron chi connectivity index (χ4n) is 2.47. The molecule has 0 aliphatic rings. The van der Waals surface area contributed by atoms with Gasteiger partial charge in [0.25, 0.3) is 0 Å². The lowest BCUT2D eigenvalue weighted by molar-refractivity contribution is 0.507. The maximum absolute atomic E-state index is 3.47. The summed E-state index contributed by atoms with van der Waals surface area (Å²) in [4.78, 5) is 3.47. The summed E-state index contributed by atoms with van der Waals surface area (Å²) < 4.78 is 0. The van der Waals surface area contributed by atoms with Crippen molar-refractivity contribution in [2.75, 3.05) is 0 Å². The van der Waals surface area contributed by atoms with Crippen molar-refractivity contribution < 1.29 is 0 Å². The van der Waals surface area contributed by atoms with E-state index in [0.717, 1.165) is 6.42 Å². The number of nitrogens with one attached hydrogen (secondary N) is 1. The highest BCUT2D eigenvalue weighted by molar-refractivity contribution is 6.07. The maximum Gasteiger partial charge on any atom is 0.0465 e. The molecule has 0 unspecified atom stereocenters. The summed E-state index contributed by atoms with van der Waals surface area (Å²) in [7, 11) is 0. The molecular formula is C17H19N. The molecule has 92 valence electrons. The Kier molecular flexibility index (Phi) is 2.44. The van der Waals surface area contributed by atoms with E-state index >= 15 is 0 Å². The highest BCUT2D eigenvalue weighted by Crippen LogP contribution is 2.32. The van der Waals surface area contributed by atoms with E-state index < -0.39 is 0 Å². The highest BCUT2D eigenvalue weighted by Gasteiger charge is 2.18. The van der Waals surface area contributed by atoms with Gasteiger partial charge in [-0.05, 0) is 35.6 Å². The molecule has 1 aromatic heterocycles. The number of aromatic amines is 1. The number of H-pyrrole nitrogens is 1. The van der Waals surface area contributed by atoms with Gasteiger partial charge in [0.1, 0.15) is 0 Å². The molecule has 0 radical (unpaired) electrons. The molecule has 1 heterocycles. The molecule has 0 amide bonds. The van der Waals surface area contributed by atoms with Gasteiger partial charge in [0.05, 0.1) is 0 Å². The zero-order valence-electron chi connectivity index (χ0n) is 11.2. The van der Waals surface area contributed by atoms with Crippen molar-refractivity contribution in [2.45, 2.75) is 32.6 Å². The number of benzene rings is 2. The molecule has 3 rings (SSSR count). The molecule has 0 fully saturated rings. The second-order valence-electron chi connectivity index (χ2n) is 5.67. The van der Waals surface area contributed by atoms with Crippen LogP contribution in [-0.2, 0) is 5.41 Å². The van der Waals surface area contributed by atoms with Crippen molar-refractivity contribution in [3.63, 3.8) is 0 Å². The van der Waals surface area contributed by atoms with Crippen LogP contribution in [0.1, 0.15) is 32.8 Å². The molecule has 0 aliphatic heterocycles. The number of aromatic nitrogens is 1. The summed E-state index contributed by atoms with van der Waals surface area (Å²) >= 11 is 0. The topological polar surface area (TPSA) is 15.8 Å². The van der Waals surface area contributed by atoms with Crippen LogP contribution in [0.25, 0.3) is 21.8 Å². The van der Waals surface area contributed by atoms with Gasteiger partial charge in [0.15, 0.2) is 0 Å². The van der Waals surface area contributed by atoms with Gasteiger partial charge in [-0.2, -0.15) is 0 Å². The molecule has 3 aromatic rings. The summed E-state index contributed by atoms with van der Waals surface area (Å²) in [5, 5.41) is 2.66. The second kappa shape index (κ2) is 3.88. The van der Waals surface area contributed by atoms with Crippen LogP contribution >= 0.6 is 0 Å². The molecule has 2 aromatic carbocycles. The molecule has 0 aliphatic carbocycles. The first-order chi connectivity index (χ1) is 8.62. The third-order valence-corrected chi connectivity index (χ3v) is 4.17. The van der Waals surface area contributed by atoms with Crippen LogP contribution in [0.4, 0.5) is 0 Å². The van der Waals surface area contributed by atoms with E-state index in [1.165, 1.54) is 27.4 Å². The fraction of sp³-hybridized carbons (Fsp3) is 0.294. The Balaban J connectivity index is 2.31. The number of hydrogen-bond donors (Lipinski definition) is 1. The van der Waals surface area contributed by atoms with E-state index in [-0.39, 0.29) is 5.41 Å². The summed E-state index contributed by atoms with van der Waals surface area (Å²) in [5.74, 6) is 0. The Morgan fingerprint density at radius 3 is 2.44 bits per heavy atom. The van der Waals surface area contributed by atoms with Crippen molar-refractivity contribution in [1.82, 2.24) is 4.98 Å². The first-order valence-electron chi connectivity index (χ1n) is 6.63.